The quantitative estimate of drug-likeness (QED) is 0.517. The summed E-state index contributed by atoms with van der Waals surface area (Å²) < 4.78 is 7.16. The highest BCUT2D eigenvalue weighted by atomic mass is 16.5. The molecule has 2 N–H and O–H groups in total. The van der Waals surface area contributed by atoms with Gasteiger partial charge in [-0.25, -0.2) is 9.67 Å². The summed E-state index contributed by atoms with van der Waals surface area (Å²) in [6.07, 6.45) is 8.80. The zero-order valence-electron chi connectivity index (χ0n) is 17.8. The first kappa shape index (κ1) is 21.0. The molecule has 1 aliphatic carbocycles. The van der Waals surface area contributed by atoms with Gasteiger partial charge in [-0.15, -0.1) is 0 Å². The summed E-state index contributed by atoms with van der Waals surface area (Å²) in [4.78, 5) is 11.9. The molecule has 28 heavy (non-hydrogen) atoms. The molecule has 0 radical (unpaired) electrons. The van der Waals surface area contributed by atoms with Crippen molar-refractivity contribution in [2.24, 2.45) is 4.99 Å². The summed E-state index contributed by atoms with van der Waals surface area (Å²) in [7, 11) is 3.92. The third kappa shape index (κ3) is 5.91. The first-order valence-corrected chi connectivity index (χ1v) is 10.9. The van der Waals surface area contributed by atoms with E-state index in [9.17, 15) is 0 Å². The van der Waals surface area contributed by atoms with Gasteiger partial charge < -0.3 is 20.3 Å². The van der Waals surface area contributed by atoms with E-state index in [-0.39, 0.29) is 0 Å². The number of aromatic nitrogens is 3. The molecule has 1 aromatic heterocycles. The van der Waals surface area contributed by atoms with Crippen LogP contribution in [0.4, 0.5) is 0 Å². The Hall–Kier alpha value is -1.67. The summed E-state index contributed by atoms with van der Waals surface area (Å²) in [5.74, 6) is 2.73. The third-order valence-electron chi connectivity index (χ3n) is 5.78. The van der Waals surface area contributed by atoms with Crippen LogP contribution in [-0.2, 0) is 24.3 Å². The summed E-state index contributed by atoms with van der Waals surface area (Å²) in [6.45, 7) is 6.10. The van der Waals surface area contributed by atoms with Gasteiger partial charge in [0.15, 0.2) is 11.8 Å². The number of hydrogen-bond acceptors (Lipinski definition) is 5. The molecule has 158 valence electrons. The van der Waals surface area contributed by atoms with Crippen molar-refractivity contribution in [1.29, 1.82) is 0 Å². The van der Waals surface area contributed by atoms with E-state index < -0.39 is 0 Å². The van der Waals surface area contributed by atoms with Crippen LogP contribution in [0.2, 0.25) is 0 Å². The SMILES string of the molecule is CCNC(=NCCN(C)C1CCCCC1)NC1CCc2nc(COC)nn2C1. The largest absolute Gasteiger partial charge is 0.377 e. The van der Waals surface area contributed by atoms with Crippen LogP contribution in [0.3, 0.4) is 0 Å². The minimum atomic E-state index is 0.318. The fraction of sp³-hybridized carbons (Fsp3) is 0.850. The molecular formula is C20H37N7O. The van der Waals surface area contributed by atoms with Gasteiger partial charge in [-0.1, -0.05) is 19.3 Å². The maximum atomic E-state index is 5.15. The molecule has 0 amide bonds. The summed E-state index contributed by atoms with van der Waals surface area (Å²) >= 11 is 0. The molecule has 1 unspecified atom stereocenters. The highest BCUT2D eigenvalue weighted by Crippen LogP contribution is 2.21. The minimum Gasteiger partial charge on any atom is -0.377 e. The monoisotopic (exact) mass is 391 g/mol. The Labute approximate surface area is 169 Å². The highest BCUT2D eigenvalue weighted by Gasteiger charge is 2.22. The number of aryl methyl sites for hydroxylation is 1. The average Bonchev–Trinajstić information content (AvgIpc) is 3.10. The number of ether oxygens (including phenoxy) is 1. The summed E-state index contributed by atoms with van der Waals surface area (Å²) in [5, 5.41) is 11.5. The van der Waals surface area contributed by atoms with Gasteiger partial charge >= 0.3 is 0 Å². The number of likely N-dealkylation sites (N-methyl/N-ethyl adjacent to an activating group) is 1. The lowest BCUT2D eigenvalue weighted by Gasteiger charge is -2.30. The molecule has 1 aromatic rings. The lowest BCUT2D eigenvalue weighted by Crippen LogP contribution is -2.47. The van der Waals surface area contributed by atoms with Crippen LogP contribution in [0, 0.1) is 0 Å². The van der Waals surface area contributed by atoms with Gasteiger partial charge in [0.25, 0.3) is 0 Å². The summed E-state index contributed by atoms with van der Waals surface area (Å²) in [5.41, 5.74) is 0. The molecule has 3 rings (SSSR count). The van der Waals surface area contributed by atoms with Crippen LogP contribution in [0.15, 0.2) is 4.99 Å². The maximum absolute atomic E-state index is 5.15. The zero-order chi connectivity index (χ0) is 19.8. The third-order valence-corrected chi connectivity index (χ3v) is 5.78. The second-order valence-electron chi connectivity index (χ2n) is 7.97. The van der Waals surface area contributed by atoms with Crippen LogP contribution in [0.5, 0.6) is 0 Å². The molecule has 2 aliphatic rings. The molecule has 8 heteroatoms. The molecule has 1 aliphatic heterocycles. The molecule has 2 heterocycles. The molecule has 0 aromatic carbocycles. The Bertz CT molecular complexity index is 624. The van der Waals surface area contributed by atoms with Crippen LogP contribution in [0.25, 0.3) is 0 Å². The lowest BCUT2D eigenvalue weighted by molar-refractivity contribution is 0.177. The lowest BCUT2D eigenvalue weighted by atomic mass is 9.94. The Kier molecular flexibility index (Phi) is 8.09. The molecule has 1 fully saturated rings. The van der Waals surface area contributed by atoms with Gasteiger partial charge in [0, 0.05) is 38.7 Å². The van der Waals surface area contributed by atoms with Gasteiger partial charge in [-0.2, -0.15) is 5.10 Å². The number of hydrogen-bond donors (Lipinski definition) is 2. The Balaban J connectivity index is 1.50. The second kappa shape index (κ2) is 10.8. The first-order chi connectivity index (χ1) is 13.7. The second-order valence-corrected chi connectivity index (χ2v) is 7.97. The maximum Gasteiger partial charge on any atom is 0.191 e. The van der Waals surface area contributed by atoms with Crippen molar-refractivity contribution in [2.45, 2.75) is 77.1 Å². The normalized spacial score (nSPS) is 21.0. The van der Waals surface area contributed by atoms with Crippen molar-refractivity contribution in [3.05, 3.63) is 11.6 Å². The highest BCUT2D eigenvalue weighted by molar-refractivity contribution is 5.80. The van der Waals surface area contributed by atoms with Crippen LogP contribution >= 0.6 is 0 Å². The van der Waals surface area contributed by atoms with Crippen LogP contribution < -0.4 is 10.6 Å². The van der Waals surface area contributed by atoms with Gasteiger partial charge in [0.2, 0.25) is 0 Å². The smallest absolute Gasteiger partial charge is 0.191 e. The van der Waals surface area contributed by atoms with Crippen molar-refractivity contribution < 1.29 is 4.74 Å². The first-order valence-electron chi connectivity index (χ1n) is 10.9. The number of aliphatic imine (C=N–C) groups is 1. The predicted molar refractivity (Wildman–Crippen MR) is 111 cm³/mol. The molecule has 0 saturated heterocycles. The Morgan fingerprint density at radius 1 is 1.29 bits per heavy atom. The van der Waals surface area contributed by atoms with Crippen LogP contribution in [0.1, 0.15) is 57.1 Å². The fourth-order valence-electron chi connectivity index (χ4n) is 4.21. The molecule has 1 atom stereocenters. The van der Waals surface area contributed by atoms with Crippen molar-refractivity contribution in [2.75, 3.05) is 33.8 Å². The molecular weight excluding hydrogens is 354 g/mol. The predicted octanol–water partition coefficient (Wildman–Crippen LogP) is 1.56. The number of rotatable bonds is 8. The molecule has 0 spiro atoms. The van der Waals surface area contributed by atoms with E-state index in [1.807, 2.05) is 4.68 Å². The van der Waals surface area contributed by atoms with Gasteiger partial charge in [-0.05, 0) is 33.2 Å². The molecule has 0 bridgehead atoms. The number of nitrogens with zero attached hydrogens (tertiary/aromatic N) is 5. The van der Waals surface area contributed by atoms with Gasteiger partial charge in [-0.3, -0.25) is 4.99 Å². The standard InChI is InChI=1S/C20H37N7O/c1-4-21-20(22-12-13-26(2)17-8-6-5-7-9-17)23-16-10-11-19-24-18(15-28-3)25-27(19)14-16/h16-17H,4-15H2,1-3H3,(H2,21,22,23). The van der Waals surface area contributed by atoms with E-state index in [4.69, 9.17) is 9.73 Å². The van der Waals surface area contributed by atoms with Crippen molar-refractivity contribution in [1.82, 2.24) is 30.3 Å². The van der Waals surface area contributed by atoms with Crippen molar-refractivity contribution in [3.8, 4) is 0 Å². The topological polar surface area (TPSA) is 79.6 Å². The Morgan fingerprint density at radius 2 is 2.11 bits per heavy atom. The number of nitrogens with one attached hydrogen (secondary N) is 2. The van der Waals surface area contributed by atoms with Crippen molar-refractivity contribution >= 4 is 5.96 Å². The van der Waals surface area contributed by atoms with E-state index in [2.05, 4.69) is 39.6 Å². The number of methoxy groups -OCH3 is 1. The average molecular weight is 392 g/mol. The number of fused-ring (bicyclic) bond motifs is 1. The minimum absolute atomic E-state index is 0.318. The fourth-order valence-corrected chi connectivity index (χ4v) is 4.21. The zero-order valence-corrected chi connectivity index (χ0v) is 17.8. The van der Waals surface area contributed by atoms with Crippen molar-refractivity contribution in [3.63, 3.8) is 0 Å². The van der Waals surface area contributed by atoms with E-state index in [0.29, 0.717) is 12.6 Å². The van der Waals surface area contributed by atoms with Crippen LogP contribution in [-0.4, -0.2) is 71.5 Å². The summed E-state index contributed by atoms with van der Waals surface area (Å²) in [6, 6.07) is 1.06. The van der Waals surface area contributed by atoms with E-state index in [1.54, 1.807) is 7.11 Å². The van der Waals surface area contributed by atoms with E-state index >= 15 is 0 Å². The van der Waals surface area contributed by atoms with Gasteiger partial charge in [0.05, 0.1) is 13.1 Å². The van der Waals surface area contributed by atoms with E-state index in [1.165, 1.54) is 32.1 Å². The number of guanidine groups is 1. The Morgan fingerprint density at radius 3 is 2.86 bits per heavy atom. The molecule has 8 nitrogen and oxygen atoms in total. The molecule has 1 saturated carbocycles. The van der Waals surface area contributed by atoms with Gasteiger partial charge in [0.1, 0.15) is 12.4 Å². The van der Waals surface area contributed by atoms with E-state index in [0.717, 1.165) is 62.7 Å².